The number of carbonyl (C=O) groups excluding carboxylic acids is 1. The third-order valence-corrected chi connectivity index (χ3v) is 2.70. The monoisotopic (exact) mass is 206 g/mol. The summed E-state index contributed by atoms with van der Waals surface area (Å²) in [4.78, 5) is 11.1. The van der Waals surface area contributed by atoms with Crippen molar-refractivity contribution >= 4 is 11.6 Å². The van der Waals surface area contributed by atoms with Crippen molar-refractivity contribution in [3.8, 4) is 5.75 Å². The Morgan fingerprint density at radius 1 is 1.53 bits per heavy atom. The van der Waals surface area contributed by atoms with Crippen molar-refractivity contribution in [3.63, 3.8) is 0 Å². The quantitative estimate of drug-likeness (QED) is 0.600. The van der Waals surface area contributed by atoms with E-state index >= 15 is 0 Å². The maximum atomic E-state index is 11.1. The van der Waals surface area contributed by atoms with Crippen molar-refractivity contribution in [2.45, 2.75) is 25.3 Å². The van der Waals surface area contributed by atoms with Crippen LogP contribution in [-0.4, -0.2) is 17.1 Å². The summed E-state index contributed by atoms with van der Waals surface area (Å²) in [5.74, 6) is -0.0657. The molecule has 4 heteroatoms. The summed E-state index contributed by atoms with van der Waals surface area (Å²) in [5.41, 5.74) is 7.21. The van der Waals surface area contributed by atoms with Gasteiger partial charge in [0.05, 0.1) is 0 Å². The number of amides is 1. The first-order chi connectivity index (χ1) is 7.16. The molecule has 0 spiro atoms. The van der Waals surface area contributed by atoms with E-state index < -0.39 is 0 Å². The van der Waals surface area contributed by atoms with Crippen LogP contribution in [0.5, 0.6) is 5.75 Å². The zero-order valence-corrected chi connectivity index (χ0v) is 8.36. The van der Waals surface area contributed by atoms with E-state index in [0.29, 0.717) is 0 Å². The zero-order valence-electron chi connectivity index (χ0n) is 8.36. The van der Waals surface area contributed by atoms with E-state index in [1.807, 2.05) is 0 Å². The number of nitrogens with one attached hydrogen (secondary N) is 1. The molecule has 1 aromatic rings. The van der Waals surface area contributed by atoms with Crippen molar-refractivity contribution < 1.29 is 9.90 Å². The molecule has 0 aromatic heterocycles. The first-order valence-corrected chi connectivity index (χ1v) is 5.04. The minimum absolute atomic E-state index is 0.257. The van der Waals surface area contributed by atoms with Gasteiger partial charge < -0.3 is 16.2 Å². The molecule has 1 heterocycles. The highest BCUT2D eigenvalue weighted by Gasteiger charge is 2.19. The van der Waals surface area contributed by atoms with E-state index in [4.69, 9.17) is 5.73 Å². The van der Waals surface area contributed by atoms with Crippen molar-refractivity contribution in [1.29, 1.82) is 0 Å². The summed E-state index contributed by atoms with van der Waals surface area (Å²) in [5, 5.41) is 12.4. The molecule has 0 bridgehead atoms. The average Bonchev–Trinajstić information content (AvgIpc) is 2.39. The minimum Gasteiger partial charge on any atom is -0.508 e. The van der Waals surface area contributed by atoms with Gasteiger partial charge in [0.1, 0.15) is 11.8 Å². The summed E-state index contributed by atoms with van der Waals surface area (Å²) in [6.45, 7) is 0. The molecule has 0 saturated heterocycles. The molecular formula is C11H14N2O2. The highest BCUT2D eigenvalue weighted by molar-refractivity contribution is 5.83. The van der Waals surface area contributed by atoms with Crippen LogP contribution < -0.4 is 11.1 Å². The molecule has 4 N–H and O–H groups in total. The van der Waals surface area contributed by atoms with Crippen LogP contribution in [0.1, 0.15) is 18.4 Å². The van der Waals surface area contributed by atoms with Gasteiger partial charge in [-0.05, 0) is 43.0 Å². The van der Waals surface area contributed by atoms with E-state index in [-0.39, 0.29) is 17.7 Å². The van der Waals surface area contributed by atoms with E-state index in [2.05, 4.69) is 5.32 Å². The molecule has 0 radical (unpaired) electrons. The maximum absolute atomic E-state index is 11.1. The zero-order chi connectivity index (χ0) is 10.8. The number of hydrogen-bond acceptors (Lipinski definition) is 3. The lowest BCUT2D eigenvalue weighted by atomic mass is 10.1. The van der Waals surface area contributed by atoms with Crippen molar-refractivity contribution in [1.82, 2.24) is 0 Å². The SMILES string of the molecule is NC(=O)C1CCCc2cc(O)ccc2N1. The average molecular weight is 206 g/mol. The van der Waals surface area contributed by atoms with E-state index in [1.54, 1.807) is 18.2 Å². The maximum Gasteiger partial charge on any atom is 0.239 e. The number of anilines is 1. The van der Waals surface area contributed by atoms with E-state index in [1.165, 1.54) is 0 Å². The van der Waals surface area contributed by atoms with Gasteiger partial charge in [0.25, 0.3) is 0 Å². The fraction of sp³-hybridized carbons (Fsp3) is 0.364. The predicted molar refractivity (Wildman–Crippen MR) is 57.6 cm³/mol. The van der Waals surface area contributed by atoms with Crippen molar-refractivity contribution in [2.75, 3.05) is 5.32 Å². The van der Waals surface area contributed by atoms with Crippen LogP contribution in [0.25, 0.3) is 0 Å². The Morgan fingerprint density at radius 3 is 3.07 bits per heavy atom. The van der Waals surface area contributed by atoms with Gasteiger partial charge in [-0.15, -0.1) is 0 Å². The van der Waals surface area contributed by atoms with Crippen LogP contribution in [-0.2, 0) is 11.2 Å². The second-order valence-electron chi connectivity index (χ2n) is 3.83. The molecule has 1 aliphatic heterocycles. The normalized spacial score (nSPS) is 19.9. The van der Waals surface area contributed by atoms with Crippen LogP contribution in [0.3, 0.4) is 0 Å². The number of phenolic OH excluding ortho intramolecular Hbond substituents is 1. The largest absolute Gasteiger partial charge is 0.508 e. The number of primary amides is 1. The van der Waals surface area contributed by atoms with Gasteiger partial charge >= 0.3 is 0 Å². The number of benzene rings is 1. The van der Waals surface area contributed by atoms with Crippen LogP contribution in [0, 0.1) is 0 Å². The number of hydrogen-bond donors (Lipinski definition) is 3. The molecule has 15 heavy (non-hydrogen) atoms. The molecular weight excluding hydrogens is 192 g/mol. The summed E-state index contributed by atoms with van der Waals surface area (Å²) >= 11 is 0. The summed E-state index contributed by atoms with van der Waals surface area (Å²) in [6, 6.07) is 4.82. The minimum atomic E-state index is -0.323. The lowest BCUT2D eigenvalue weighted by molar-refractivity contribution is -0.118. The fourth-order valence-electron chi connectivity index (χ4n) is 1.90. The Bertz CT molecular complexity index is 390. The lowest BCUT2D eigenvalue weighted by Crippen LogP contribution is -2.34. The van der Waals surface area contributed by atoms with Crippen molar-refractivity contribution in [3.05, 3.63) is 23.8 Å². The number of phenols is 1. The van der Waals surface area contributed by atoms with Crippen LogP contribution >= 0.6 is 0 Å². The summed E-state index contributed by atoms with van der Waals surface area (Å²) in [7, 11) is 0. The van der Waals surface area contributed by atoms with E-state index in [9.17, 15) is 9.90 Å². The molecule has 0 aliphatic carbocycles. The molecule has 80 valence electrons. The van der Waals surface area contributed by atoms with Crippen molar-refractivity contribution in [2.24, 2.45) is 5.73 Å². The Morgan fingerprint density at radius 2 is 2.33 bits per heavy atom. The topological polar surface area (TPSA) is 75.4 Å². The third-order valence-electron chi connectivity index (χ3n) is 2.70. The highest BCUT2D eigenvalue weighted by atomic mass is 16.3. The standard InChI is InChI=1S/C11H14N2O2/c12-11(15)10-3-1-2-7-6-8(14)4-5-9(7)13-10/h4-6,10,13-14H,1-3H2,(H2,12,15). The molecule has 1 atom stereocenters. The number of aryl methyl sites for hydroxylation is 1. The first kappa shape index (κ1) is 9.83. The summed E-state index contributed by atoms with van der Waals surface area (Å²) in [6.07, 6.45) is 2.50. The molecule has 4 nitrogen and oxygen atoms in total. The Labute approximate surface area is 88.1 Å². The number of aromatic hydroxyl groups is 1. The van der Waals surface area contributed by atoms with Gasteiger partial charge in [-0.2, -0.15) is 0 Å². The van der Waals surface area contributed by atoms with E-state index in [0.717, 1.165) is 30.5 Å². The molecule has 1 unspecified atom stereocenters. The van der Waals surface area contributed by atoms with Gasteiger partial charge in [-0.25, -0.2) is 0 Å². The molecule has 0 saturated carbocycles. The van der Waals surface area contributed by atoms with Gasteiger partial charge in [0.15, 0.2) is 0 Å². The highest BCUT2D eigenvalue weighted by Crippen LogP contribution is 2.27. The Kier molecular flexibility index (Phi) is 2.49. The molecule has 0 fully saturated rings. The van der Waals surface area contributed by atoms with Crippen LogP contribution in [0.4, 0.5) is 5.69 Å². The molecule has 1 aromatic carbocycles. The lowest BCUT2D eigenvalue weighted by Gasteiger charge is -2.14. The van der Waals surface area contributed by atoms with Gasteiger partial charge in [0.2, 0.25) is 5.91 Å². The van der Waals surface area contributed by atoms with Crippen LogP contribution in [0.15, 0.2) is 18.2 Å². The number of carbonyl (C=O) groups is 1. The second-order valence-corrected chi connectivity index (χ2v) is 3.83. The summed E-state index contributed by atoms with van der Waals surface area (Å²) < 4.78 is 0. The second kappa shape index (κ2) is 3.81. The Hall–Kier alpha value is -1.71. The van der Waals surface area contributed by atoms with Crippen LogP contribution in [0.2, 0.25) is 0 Å². The number of fused-ring (bicyclic) bond motifs is 1. The fourth-order valence-corrected chi connectivity index (χ4v) is 1.90. The number of nitrogens with two attached hydrogens (primary N) is 1. The third kappa shape index (κ3) is 2.03. The predicted octanol–water partition coefficient (Wildman–Crippen LogP) is 0.994. The smallest absolute Gasteiger partial charge is 0.239 e. The van der Waals surface area contributed by atoms with Gasteiger partial charge in [0, 0.05) is 5.69 Å². The molecule has 2 rings (SSSR count). The van der Waals surface area contributed by atoms with Gasteiger partial charge in [-0.3, -0.25) is 4.79 Å². The van der Waals surface area contributed by atoms with Gasteiger partial charge in [-0.1, -0.05) is 0 Å². The molecule has 1 amide bonds. The first-order valence-electron chi connectivity index (χ1n) is 5.04. The number of rotatable bonds is 1. The Balaban J connectivity index is 2.29. The molecule has 1 aliphatic rings.